The van der Waals surface area contributed by atoms with Gasteiger partial charge in [-0.15, -0.1) is 0 Å². The third-order valence-corrected chi connectivity index (χ3v) is 7.46. The summed E-state index contributed by atoms with van der Waals surface area (Å²) in [5.41, 5.74) is 3.21. The highest BCUT2D eigenvalue weighted by Crippen LogP contribution is 2.36. The summed E-state index contributed by atoms with van der Waals surface area (Å²) in [6, 6.07) is 19.4. The molecule has 37 heavy (non-hydrogen) atoms. The monoisotopic (exact) mass is 501 g/mol. The third kappa shape index (κ3) is 4.53. The predicted molar refractivity (Wildman–Crippen MR) is 138 cm³/mol. The predicted octanol–water partition coefficient (Wildman–Crippen LogP) is 4.31. The Morgan fingerprint density at radius 3 is 2.35 bits per heavy atom. The second-order valence-corrected chi connectivity index (χ2v) is 9.65. The van der Waals surface area contributed by atoms with E-state index in [1.54, 1.807) is 16.7 Å². The molecular formula is C29H28FN3O4. The number of benzene rings is 3. The fourth-order valence-electron chi connectivity index (χ4n) is 5.44. The van der Waals surface area contributed by atoms with Crippen molar-refractivity contribution in [2.45, 2.75) is 25.9 Å². The van der Waals surface area contributed by atoms with Crippen molar-refractivity contribution in [3.63, 3.8) is 0 Å². The Bertz CT molecular complexity index is 1500. The van der Waals surface area contributed by atoms with Crippen LogP contribution in [0.2, 0.25) is 0 Å². The Morgan fingerprint density at radius 2 is 1.59 bits per heavy atom. The molecule has 0 radical (unpaired) electrons. The second-order valence-electron chi connectivity index (χ2n) is 9.65. The summed E-state index contributed by atoms with van der Waals surface area (Å²) in [7, 11) is 0. The molecule has 2 aliphatic rings. The van der Waals surface area contributed by atoms with Crippen LogP contribution < -0.4 is 15.2 Å². The Labute approximate surface area is 213 Å². The first-order valence-electron chi connectivity index (χ1n) is 12.7. The van der Waals surface area contributed by atoms with E-state index in [0.29, 0.717) is 30.2 Å². The number of Topliss-reactive ketones (excluding diaryl/α,β-unsaturated/α-hetero) is 1. The van der Waals surface area contributed by atoms with E-state index in [2.05, 4.69) is 4.90 Å². The van der Waals surface area contributed by atoms with Gasteiger partial charge < -0.3 is 14.4 Å². The van der Waals surface area contributed by atoms with Gasteiger partial charge in [0.25, 0.3) is 0 Å². The molecule has 190 valence electrons. The first-order valence-corrected chi connectivity index (χ1v) is 12.7. The maximum Gasteiger partial charge on any atom is 0.329 e. The molecule has 1 fully saturated rings. The van der Waals surface area contributed by atoms with Gasteiger partial charge in [-0.05, 0) is 68.4 Å². The van der Waals surface area contributed by atoms with Crippen molar-refractivity contribution in [2.24, 2.45) is 5.92 Å². The molecule has 0 N–H and O–H groups in total. The quantitative estimate of drug-likeness (QED) is 0.353. The van der Waals surface area contributed by atoms with Gasteiger partial charge in [-0.25, -0.2) is 9.18 Å². The summed E-state index contributed by atoms with van der Waals surface area (Å²) in [6.45, 7) is 3.46. The number of likely N-dealkylation sites (tertiary alicyclic amines) is 1. The van der Waals surface area contributed by atoms with E-state index in [4.69, 9.17) is 9.47 Å². The van der Waals surface area contributed by atoms with Crippen molar-refractivity contribution in [1.29, 1.82) is 0 Å². The van der Waals surface area contributed by atoms with Crippen LogP contribution in [-0.4, -0.2) is 46.2 Å². The van der Waals surface area contributed by atoms with Crippen molar-refractivity contribution < 1.29 is 18.7 Å². The number of halogens is 1. The number of ether oxygens (including phenoxy) is 2. The van der Waals surface area contributed by atoms with Crippen molar-refractivity contribution in [1.82, 2.24) is 14.0 Å². The molecule has 3 heterocycles. The molecule has 0 aliphatic carbocycles. The summed E-state index contributed by atoms with van der Waals surface area (Å²) < 4.78 is 28.0. The van der Waals surface area contributed by atoms with Crippen molar-refractivity contribution in [3.05, 3.63) is 94.2 Å². The SMILES string of the molecule is O=C(c1ccc(F)cc1)C1CCN(CCn2c(=O)n(Cc3cccc4c3OCO4)c3ccccc32)CC1. The van der Waals surface area contributed by atoms with E-state index in [-0.39, 0.29) is 30.0 Å². The van der Waals surface area contributed by atoms with Crippen LogP contribution in [-0.2, 0) is 13.1 Å². The van der Waals surface area contributed by atoms with E-state index in [1.165, 1.54) is 12.1 Å². The molecule has 0 unspecified atom stereocenters. The van der Waals surface area contributed by atoms with Crippen LogP contribution in [0.1, 0.15) is 28.8 Å². The van der Waals surface area contributed by atoms with Crippen LogP contribution >= 0.6 is 0 Å². The molecule has 6 rings (SSSR count). The first kappa shape index (κ1) is 23.5. The molecular weight excluding hydrogens is 473 g/mol. The van der Waals surface area contributed by atoms with Crippen LogP contribution in [0.5, 0.6) is 11.5 Å². The molecule has 1 saturated heterocycles. The Kier molecular flexibility index (Phi) is 6.26. The number of fused-ring (bicyclic) bond motifs is 2. The van der Waals surface area contributed by atoms with Crippen LogP contribution in [0.4, 0.5) is 4.39 Å². The minimum atomic E-state index is -0.335. The van der Waals surface area contributed by atoms with Gasteiger partial charge in [0.1, 0.15) is 5.82 Å². The fourth-order valence-corrected chi connectivity index (χ4v) is 5.44. The zero-order valence-electron chi connectivity index (χ0n) is 20.4. The summed E-state index contributed by atoms with van der Waals surface area (Å²) in [5, 5.41) is 0. The highest BCUT2D eigenvalue weighted by molar-refractivity contribution is 5.97. The van der Waals surface area contributed by atoms with Gasteiger partial charge in [-0.2, -0.15) is 0 Å². The largest absolute Gasteiger partial charge is 0.454 e. The van der Waals surface area contributed by atoms with Crippen LogP contribution in [0.25, 0.3) is 11.0 Å². The lowest BCUT2D eigenvalue weighted by atomic mass is 9.89. The molecule has 0 bridgehead atoms. The van der Waals surface area contributed by atoms with E-state index in [0.717, 1.165) is 49.1 Å². The number of imidazole rings is 1. The summed E-state index contributed by atoms with van der Waals surface area (Å²) >= 11 is 0. The minimum absolute atomic E-state index is 0.0508. The highest BCUT2D eigenvalue weighted by Gasteiger charge is 2.26. The summed E-state index contributed by atoms with van der Waals surface area (Å²) in [5.74, 6) is 1.10. The number of hydrogen-bond acceptors (Lipinski definition) is 5. The molecule has 1 aromatic heterocycles. The minimum Gasteiger partial charge on any atom is -0.454 e. The van der Waals surface area contributed by atoms with Gasteiger partial charge in [-0.3, -0.25) is 13.9 Å². The van der Waals surface area contributed by atoms with Crippen molar-refractivity contribution in [2.75, 3.05) is 26.4 Å². The van der Waals surface area contributed by atoms with Crippen LogP contribution in [0.15, 0.2) is 71.5 Å². The zero-order valence-corrected chi connectivity index (χ0v) is 20.4. The van der Waals surface area contributed by atoms with Crippen LogP contribution in [0.3, 0.4) is 0 Å². The van der Waals surface area contributed by atoms with E-state index in [9.17, 15) is 14.0 Å². The Balaban J connectivity index is 1.15. The molecule has 2 aliphatic heterocycles. The number of piperidine rings is 1. The van der Waals surface area contributed by atoms with Gasteiger partial charge in [0.2, 0.25) is 6.79 Å². The summed E-state index contributed by atoms with van der Waals surface area (Å²) in [4.78, 5) is 28.7. The molecule has 0 spiro atoms. The lowest BCUT2D eigenvalue weighted by Crippen LogP contribution is -2.39. The Hall–Kier alpha value is -3.91. The Morgan fingerprint density at radius 1 is 0.865 bits per heavy atom. The smallest absolute Gasteiger partial charge is 0.329 e. The van der Waals surface area contributed by atoms with Gasteiger partial charge >= 0.3 is 5.69 Å². The van der Waals surface area contributed by atoms with Gasteiger partial charge in [0, 0.05) is 30.1 Å². The lowest BCUT2D eigenvalue weighted by Gasteiger charge is -2.31. The average molecular weight is 502 g/mol. The van der Waals surface area contributed by atoms with Gasteiger partial charge in [0.15, 0.2) is 17.3 Å². The zero-order chi connectivity index (χ0) is 25.4. The molecule has 0 amide bonds. The van der Waals surface area contributed by atoms with Crippen molar-refractivity contribution in [3.8, 4) is 11.5 Å². The molecule has 8 heteroatoms. The lowest BCUT2D eigenvalue weighted by molar-refractivity contribution is 0.0837. The number of carbonyl (C=O) groups is 1. The van der Waals surface area contributed by atoms with E-state index in [1.807, 2.05) is 47.0 Å². The van der Waals surface area contributed by atoms with Crippen molar-refractivity contribution >= 4 is 16.8 Å². The molecule has 0 saturated carbocycles. The number of para-hydroxylation sites is 3. The topological polar surface area (TPSA) is 65.7 Å². The number of nitrogens with zero attached hydrogens (tertiary/aromatic N) is 3. The molecule has 4 aromatic rings. The van der Waals surface area contributed by atoms with Crippen LogP contribution in [0, 0.1) is 11.7 Å². The average Bonchev–Trinajstić information content (AvgIpc) is 3.51. The van der Waals surface area contributed by atoms with Gasteiger partial charge in [0.05, 0.1) is 17.6 Å². The molecule has 0 atom stereocenters. The maximum atomic E-state index is 13.6. The standard InChI is InChI=1S/C29H28FN3O4/c30-23-10-8-20(9-11-23)27(34)21-12-14-31(15-13-21)16-17-32-24-5-1-2-6-25(24)33(29(32)35)18-22-4-3-7-26-28(22)37-19-36-26/h1-11,21H,12-19H2. The van der Waals surface area contributed by atoms with Gasteiger partial charge in [-0.1, -0.05) is 24.3 Å². The number of carbonyl (C=O) groups excluding carboxylic acids is 1. The number of hydrogen-bond donors (Lipinski definition) is 0. The number of ketones is 1. The number of aromatic nitrogens is 2. The van der Waals surface area contributed by atoms with E-state index >= 15 is 0 Å². The molecule has 3 aromatic carbocycles. The second kappa shape index (κ2) is 9.86. The van der Waals surface area contributed by atoms with E-state index < -0.39 is 0 Å². The normalized spacial score (nSPS) is 15.9. The third-order valence-electron chi connectivity index (χ3n) is 7.46. The maximum absolute atomic E-state index is 13.6. The number of rotatable bonds is 7. The first-order chi connectivity index (χ1) is 18.1. The fraction of sp³-hybridized carbons (Fsp3) is 0.310. The molecule has 7 nitrogen and oxygen atoms in total. The highest BCUT2D eigenvalue weighted by atomic mass is 19.1. The summed E-state index contributed by atoms with van der Waals surface area (Å²) in [6.07, 6.45) is 1.52.